The van der Waals surface area contributed by atoms with Crippen molar-refractivity contribution in [1.82, 2.24) is 10.2 Å². The number of nitrogens with one attached hydrogen (secondary N) is 1. The largest absolute Gasteiger partial charge is 0.407 e. The Morgan fingerprint density at radius 1 is 1.50 bits per heavy atom. The second-order valence-electron chi connectivity index (χ2n) is 3.73. The Morgan fingerprint density at radius 3 is 2.94 bits per heavy atom. The number of sulfone groups is 1. The van der Waals surface area contributed by atoms with Crippen LogP contribution in [0.3, 0.4) is 0 Å². The van der Waals surface area contributed by atoms with Crippen LogP contribution in [0.2, 0.25) is 0 Å². The summed E-state index contributed by atoms with van der Waals surface area (Å²) in [5.41, 5.74) is 0. The topological polar surface area (TPSA) is 85.1 Å². The summed E-state index contributed by atoms with van der Waals surface area (Å²) in [5.74, 6) is 0.855. The molecule has 6 nitrogen and oxygen atoms in total. The molecule has 1 atom stereocenters. The van der Waals surface area contributed by atoms with Gasteiger partial charge in [-0.3, -0.25) is 0 Å². The van der Waals surface area contributed by atoms with E-state index < -0.39 is 9.84 Å². The molecular formula is C8H12ClN3O3S. The third-order valence-corrected chi connectivity index (χ3v) is 4.42. The maximum atomic E-state index is 11.4. The zero-order valence-electron chi connectivity index (χ0n) is 8.52. The Balaban J connectivity index is 1.99. The molecule has 0 aliphatic carbocycles. The number of nitrogens with zero attached hydrogens (tertiary/aromatic N) is 2. The fourth-order valence-electron chi connectivity index (χ4n) is 1.68. The van der Waals surface area contributed by atoms with Gasteiger partial charge in [-0.05, 0) is 12.8 Å². The molecule has 1 aliphatic heterocycles. The van der Waals surface area contributed by atoms with Gasteiger partial charge in [0.1, 0.15) is 5.88 Å². The highest BCUT2D eigenvalue weighted by Gasteiger charge is 2.25. The van der Waals surface area contributed by atoms with Gasteiger partial charge in [-0.2, -0.15) is 0 Å². The van der Waals surface area contributed by atoms with Gasteiger partial charge in [-0.1, -0.05) is 5.10 Å². The first-order valence-corrected chi connectivity index (χ1v) is 7.30. The van der Waals surface area contributed by atoms with Crippen LogP contribution in [0, 0.1) is 0 Å². The van der Waals surface area contributed by atoms with Crippen LogP contribution in [-0.2, 0) is 15.7 Å². The number of hydrogen-bond acceptors (Lipinski definition) is 6. The van der Waals surface area contributed by atoms with Gasteiger partial charge in [0.2, 0.25) is 5.89 Å². The Bertz CT molecular complexity index is 459. The number of anilines is 1. The zero-order chi connectivity index (χ0) is 11.6. The SMILES string of the molecule is O=S1(=O)CCCC(Nc2nnc(CCl)o2)C1. The van der Waals surface area contributed by atoms with Gasteiger partial charge in [0.25, 0.3) is 0 Å². The van der Waals surface area contributed by atoms with Crippen molar-refractivity contribution in [2.45, 2.75) is 24.8 Å². The lowest BCUT2D eigenvalue weighted by Gasteiger charge is -2.21. The van der Waals surface area contributed by atoms with Crippen molar-refractivity contribution in [3.8, 4) is 0 Å². The summed E-state index contributed by atoms with van der Waals surface area (Å²) in [7, 11) is -2.93. The minimum absolute atomic E-state index is 0.117. The third kappa shape index (κ3) is 2.85. The highest BCUT2D eigenvalue weighted by molar-refractivity contribution is 7.91. The van der Waals surface area contributed by atoms with Crippen LogP contribution in [0.25, 0.3) is 0 Å². The highest BCUT2D eigenvalue weighted by atomic mass is 35.5. The Kier molecular flexibility index (Phi) is 3.34. The minimum atomic E-state index is -2.93. The fraction of sp³-hybridized carbons (Fsp3) is 0.750. The van der Waals surface area contributed by atoms with E-state index in [1.165, 1.54) is 0 Å². The minimum Gasteiger partial charge on any atom is -0.407 e. The summed E-state index contributed by atoms with van der Waals surface area (Å²) in [5, 5.41) is 10.3. The van der Waals surface area contributed by atoms with Gasteiger partial charge >= 0.3 is 6.01 Å². The highest BCUT2D eigenvalue weighted by Crippen LogP contribution is 2.17. The molecule has 2 rings (SSSR count). The van der Waals surface area contributed by atoms with E-state index in [0.717, 1.165) is 6.42 Å². The molecule has 1 N–H and O–H groups in total. The molecule has 16 heavy (non-hydrogen) atoms. The first-order chi connectivity index (χ1) is 7.59. The van der Waals surface area contributed by atoms with Gasteiger partial charge in [-0.15, -0.1) is 16.7 Å². The van der Waals surface area contributed by atoms with E-state index in [1.54, 1.807) is 0 Å². The first-order valence-electron chi connectivity index (χ1n) is 4.94. The summed E-state index contributed by atoms with van der Waals surface area (Å²) >= 11 is 5.51. The number of alkyl halides is 1. The van der Waals surface area contributed by atoms with Gasteiger partial charge < -0.3 is 9.73 Å². The Labute approximate surface area is 98.3 Å². The molecule has 0 spiro atoms. The summed E-state index contributed by atoms with van der Waals surface area (Å²) in [6.07, 6.45) is 1.45. The lowest BCUT2D eigenvalue weighted by atomic mass is 10.2. The van der Waals surface area contributed by atoms with Gasteiger partial charge in [0.15, 0.2) is 9.84 Å². The normalized spacial score (nSPS) is 24.2. The van der Waals surface area contributed by atoms with Crippen molar-refractivity contribution < 1.29 is 12.8 Å². The predicted octanol–water partition coefficient (Wildman–Crippen LogP) is 0.797. The van der Waals surface area contributed by atoms with Crippen LogP contribution in [0.1, 0.15) is 18.7 Å². The Morgan fingerprint density at radius 2 is 2.31 bits per heavy atom. The van der Waals surface area contributed by atoms with Crippen LogP contribution < -0.4 is 5.32 Å². The van der Waals surface area contributed by atoms with Crippen LogP contribution in [0.4, 0.5) is 6.01 Å². The number of hydrogen-bond donors (Lipinski definition) is 1. The van der Waals surface area contributed by atoms with Gasteiger partial charge in [-0.25, -0.2) is 8.42 Å². The molecule has 0 aromatic carbocycles. The lowest BCUT2D eigenvalue weighted by molar-refractivity contribution is 0.510. The fourth-order valence-corrected chi connectivity index (χ4v) is 3.42. The summed E-state index contributed by atoms with van der Waals surface area (Å²) < 4.78 is 27.9. The van der Waals surface area contributed by atoms with E-state index >= 15 is 0 Å². The third-order valence-electron chi connectivity index (χ3n) is 2.37. The quantitative estimate of drug-likeness (QED) is 0.814. The summed E-state index contributed by atoms with van der Waals surface area (Å²) in [4.78, 5) is 0. The molecule has 1 saturated heterocycles. The summed E-state index contributed by atoms with van der Waals surface area (Å²) in [6.45, 7) is 0. The van der Waals surface area contributed by atoms with Crippen LogP contribution >= 0.6 is 11.6 Å². The molecule has 0 saturated carbocycles. The standard InChI is InChI=1S/C8H12ClN3O3S/c9-4-7-11-12-8(15-7)10-6-2-1-3-16(13,14)5-6/h6H,1-5H2,(H,10,12). The lowest BCUT2D eigenvalue weighted by Crippen LogP contribution is -2.34. The molecule has 8 heteroatoms. The summed E-state index contributed by atoms with van der Waals surface area (Å²) in [6, 6.07) is 0.0834. The average molecular weight is 266 g/mol. The maximum Gasteiger partial charge on any atom is 0.315 e. The van der Waals surface area contributed by atoms with Crippen molar-refractivity contribution in [1.29, 1.82) is 0 Å². The zero-order valence-corrected chi connectivity index (χ0v) is 10.1. The van der Waals surface area contributed by atoms with Crippen LogP contribution in [-0.4, -0.2) is 36.2 Å². The number of rotatable bonds is 3. The number of halogens is 1. The molecule has 0 amide bonds. The second-order valence-corrected chi connectivity index (χ2v) is 6.23. The average Bonchev–Trinajstić information content (AvgIpc) is 2.64. The predicted molar refractivity (Wildman–Crippen MR) is 59.2 cm³/mol. The van der Waals surface area contributed by atoms with E-state index in [2.05, 4.69) is 15.5 Å². The van der Waals surface area contributed by atoms with E-state index in [9.17, 15) is 8.42 Å². The van der Waals surface area contributed by atoms with E-state index in [4.69, 9.17) is 16.0 Å². The van der Waals surface area contributed by atoms with Crippen molar-refractivity contribution >= 4 is 27.5 Å². The molecule has 1 aliphatic rings. The Hall–Kier alpha value is -0.820. The molecule has 1 fully saturated rings. The molecular weight excluding hydrogens is 254 g/mol. The van der Waals surface area contributed by atoms with Crippen LogP contribution in [0.5, 0.6) is 0 Å². The monoisotopic (exact) mass is 265 g/mol. The van der Waals surface area contributed by atoms with Gasteiger partial charge in [0.05, 0.1) is 11.5 Å². The van der Waals surface area contributed by atoms with Crippen LogP contribution in [0.15, 0.2) is 4.42 Å². The van der Waals surface area contributed by atoms with Crippen molar-refractivity contribution in [3.05, 3.63) is 5.89 Å². The molecule has 2 heterocycles. The maximum absolute atomic E-state index is 11.4. The number of aromatic nitrogens is 2. The first kappa shape index (κ1) is 11.7. The van der Waals surface area contributed by atoms with E-state index in [0.29, 0.717) is 12.3 Å². The van der Waals surface area contributed by atoms with Crippen molar-refractivity contribution in [3.63, 3.8) is 0 Å². The molecule has 0 bridgehead atoms. The van der Waals surface area contributed by atoms with E-state index in [1.807, 2.05) is 0 Å². The van der Waals surface area contributed by atoms with Crippen molar-refractivity contribution in [2.75, 3.05) is 16.8 Å². The van der Waals surface area contributed by atoms with Crippen molar-refractivity contribution in [2.24, 2.45) is 0 Å². The molecule has 1 unspecified atom stereocenters. The second kappa shape index (κ2) is 4.58. The smallest absolute Gasteiger partial charge is 0.315 e. The molecule has 90 valence electrons. The van der Waals surface area contributed by atoms with E-state index in [-0.39, 0.29) is 29.4 Å². The molecule has 1 aromatic heterocycles. The molecule has 0 radical (unpaired) electrons. The van der Waals surface area contributed by atoms with Gasteiger partial charge in [0, 0.05) is 6.04 Å². The molecule has 1 aromatic rings.